The molecule has 1 N–H and O–H groups in total. The number of methoxy groups -OCH3 is 1. The van der Waals surface area contributed by atoms with Gasteiger partial charge >= 0.3 is 0 Å². The number of rotatable bonds is 8. The van der Waals surface area contributed by atoms with Gasteiger partial charge in [0.2, 0.25) is 5.91 Å². The van der Waals surface area contributed by atoms with E-state index in [0.717, 1.165) is 63.4 Å². The topological polar surface area (TPSA) is 44.8 Å². The highest BCUT2D eigenvalue weighted by atomic mass is 16.5. The fourth-order valence-corrected chi connectivity index (χ4v) is 4.06. The Kier molecular flexibility index (Phi) is 6.35. The van der Waals surface area contributed by atoms with E-state index in [2.05, 4.69) is 51.5 Å². The highest BCUT2D eigenvalue weighted by Gasteiger charge is 2.30. The standard InChI is InChI=1S/C24H31N3O2/c1-29-23-10-6-5-9-22(23)27-15-13-26(14-16-27)18-20(24(28)25-21-11-12-21)17-19-7-3-2-4-8-19/h2-10,20-21H,11-18H2,1H3,(H,25,28). The highest BCUT2D eigenvalue weighted by Crippen LogP contribution is 2.28. The summed E-state index contributed by atoms with van der Waals surface area (Å²) in [6.45, 7) is 4.62. The summed E-state index contributed by atoms with van der Waals surface area (Å²) < 4.78 is 5.52. The van der Waals surface area contributed by atoms with Crippen LogP contribution in [0.3, 0.4) is 0 Å². The van der Waals surface area contributed by atoms with Gasteiger partial charge in [-0.25, -0.2) is 0 Å². The third-order valence-electron chi connectivity index (χ3n) is 5.90. The van der Waals surface area contributed by atoms with Gasteiger partial charge in [-0.3, -0.25) is 9.69 Å². The van der Waals surface area contributed by atoms with Crippen molar-refractivity contribution in [3.8, 4) is 5.75 Å². The molecule has 0 bridgehead atoms. The van der Waals surface area contributed by atoms with Crippen molar-refractivity contribution in [1.82, 2.24) is 10.2 Å². The summed E-state index contributed by atoms with van der Waals surface area (Å²) >= 11 is 0. The Balaban J connectivity index is 1.37. The van der Waals surface area contributed by atoms with Crippen LogP contribution in [0.25, 0.3) is 0 Å². The Morgan fingerprint density at radius 3 is 2.41 bits per heavy atom. The normalized spacial score (nSPS) is 18.3. The molecule has 0 spiro atoms. The third kappa shape index (κ3) is 5.30. The lowest BCUT2D eigenvalue weighted by molar-refractivity contribution is -0.125. The molecule has 0 radical (unpaired) electrons. The molecule has 2 aromatic rings. The molecule has 1 saturated heterocycles. The average molecular weight is 394 g/mol. The van der Waals surface area contributed by atoms with Crippen LogP contribution in [0, 0.1) is 5.92 Å². The summed E-state index contributed by atoms with van der Waals surface area (Å²) in [5.74, 6) is 1.13. The first-order chi connectivity index (χ1) is 14.2. The van der Waals surface area contributed by atoms with E-state index in [0.29, 0.717) is 6.04 Å². The van der Waals surface area contributed by atoms with Crippen molar-refractivity contribution in [2.75, 3.05) is 44.7 Å². The van der Waals surface area contributed by atoms with Crippen LogP contribution in [-0.2, 0) is 11.2 Å². The van der Waals surface area contributed by atoms with Crippen LogP contribution >= 0.6 is 0 Å². The zero-order chi connectivity index (χ0) is 20.1. The molecule has 1 saturated carbocycles. The number of benzene rings is 2. The smallest absolute Gasteiger partial charge is 0.224 e. The van der Waals surface area contributed by atoms with E-state index < -0.39 is 0 Å². The van der Waals surface area contributed by atoms with Gasteiger partial charge in [0, 0.05) is 38.8 Å². The number of amides is 1. The number of ether oxygens (including phenoxy) is 1. The number of para-hydroxylation sites is 2. The van der Waals surface area contributed by atoms with E-state index >= 15 is 0 Å². The largest absolute Gasteiger partial charge is 0.495 e. The van der Waals surface area contributed by atoms with Gasteiger partial charge in [0.15, 0.2) is 0 Å². The Morgan fingerprint density at radius 2 is 1.72 bits per heavy atom. The van der Waals surface area contributed by atoms with Crippen molar-refractivity contribution < 1.29 is 9.53 Å². The molecule has 1 aliphatic heterocycles. The van der Waals surface area contributed by atoms with Gasteiger partial charge in [-0.2, -0.15) is 0 Å². The number of nitrogens with one attached hydrogen (secondary N) is 1. The second kappa shape index (κ2) is 9.31. The maximum Gasteiger partial charge on any atom is 0.224 e. The molecule has 2 fully saturated rings. The molecule has 5 heteroatoms. The van der Waals surface area contributed by atoms with Crippen LogP contribution in [0.1, 0.15) is 18.4 Å². The molecular weight excluding hydrogens is 362 g/mol. The van der Waals surface area contributed by atoms with Crippen LogP contribution < -0.4 is 15.0 Å². The molecule has 2 aromatic carbocycles. The zero-order valence-electron chi connectivity index (χ0n) is 17.2. The zero-order valence-corrected chi connectivity index (χ0v) is 17.2. The van der Waals surface area contributed by atoms with E-state index in [-0.39, 0.29) is 11.8 Å². The molecule has 29 heavy (non-hydrogen) atoms. The molecule has 1 atom stereocenters. The number of carbonyl (C=O) groups is 1. The monoisotopic (exact) mass is 393 g/mol. The SMILES string of the molecule is COc1ccccc1N1CCN(CC(Cc2ccccc2)C(=O)NC2CC2)CC1. The lowest BCUT2D eigenvalue weighted by Gasteiger charge is -2.37. The summed E-state index contributed by atoms with van der Waals surface area (Å²) in [6, 6.07) is 19.0. The van der Waals surface area contributed by atoms with Crippen LogP contribution in [0.5, 0.6) is 5.75 Å². The maximum absolute atomic E-state index is 12.9. The molecule has 1 amide bonds. The highest BCUT2D eigenvalue weighted by molar-refractivity contribution is 5.79. The Hall–Kier alpha value is -2.53. The van der Waals surface area contributed by atoms with E-state index in [4.69, 9.17) is 4.74 Å². The molecule has 1 heterocycles. The molecule has 1 unspecified atom stereocenters. The Labute approximate surface area is 173 Å². The van der Waals surface area contributed by atoms with E-state index in [1.807, 2.05) is 18.2 Å². The molecule has 5 nitrogen and oxygen atoms in total. The first-order valence-electron chi connectivity index (χ1n) is 10.7. The van der Waals surface area contributed by atoms with Gasteiger partial charge in [0.1, 0.15) is 5.75 Å². The van der Waals surface area contributed by atoms with E-state index in [9.17, 15) is 4.79 Å². The lowest BCUT2D eigenvalue weighted by Crippen LogP contribution is -2.50. The van der Waals surface area contributed by atoms with Gasteiger partial charge in [0.25, 0.3) is 0 Å². The fourth-order valence-electron chi connectivity index (χ4n) is 4.06. The Bertz CT molecular complexity index is 799. The molecule has 4 rings (SSSR count). The van der Waals surface area contributed by atoms with Gasteiger partial charge in [-0.05, 0) is 37.0 Å². The maximum atomic E-state index is 12.9. The molecule has 1 aliphatic carbocycles. The first kappa shape index (κ1) is 19.8. The summed E-state index contributed by atoms with van der Waals surface area (Å²) in [7, 11) is 1.72. The minimum Gasteiger partial charge on any atom is -0.495 e. The fraction of sp³-hybridized carbons (Fsp3) is 0.458. The van der Waals surface area contributed by atoms with Gasteiger partial charge < -0.3 is 15.0 Å². The predicted molar refractivity (Wildman–Crippen MR) is 116 cm³/mol. The number of piperazine rings is 1. The second-order valence-corrected chi connectivity index (χ2v) is 8.13. The number of hydrogen-bond acceptors (Lipinski definition) is 4. The van der Waals surface area contributed by atoms with Crippen LogP contribution in [0.15, 0.2) is 54.6 Å². The van der Waals surface area contributed by atoms with E-state index in [1.54, 1.807) is 7.11 Å². The Morgan fingerprint density at radius 1 is 1.03 bits per heavy atom. The predicted octanol–water partition coefficient (Wildman–Crippen LogP) is 2.95. The minimum atomic E-state index is -0.00388. The third-order valence-corrected chi connectivity index (χ3v) is 5.90. The molecule has 0 aromatic heterocycles. The quantitative estimate of drug-likeness (QED) is 0.749. The number of nitrogens with zero attached hydrogens (tertiary/aromatic N) is 2. The van der Waals surface area contributed by atoms with Crippen LogP contribution in [0.4, 0.5) is 5.69 Å². The lowest BCUT2D eigenvalue weighted by atomic mass is 9.97. The van der Waals surface area contributed by atoms with Crippen molar-refractivity contribution >= 4 is 11.6 Å². The van der Waals surface area contributed by atoms with Gasteiger partial charge in [0.05, 0.1) is 18.7 Å². The van der Waals surface area contributed by atoms with Gasteiger partial charge in [-0.15, -0.1) is 0 Å². The molecule has 2 aliphatic rings. The van der Waals surface area contributed by atoms with Crippen LogP contribution in [-0.4, -0.2) is 56.7 Å². The molecular formula is C24H31N3O2. The van der Waals surface area contributed by atoms with E-state index in [1.165, 1.54) is 5.56 Å². The van der Waals surface area contributed by atoms with Crippen molar-refractivity contribution in [1.29, 1.82) is 0 Å². The van der Waals surface area contributed by atoms with Crippen molar-refractivity contribution in [3.63, 3.8) is 0 Å². The molecule has 154 valence electrons. The van der Waals surface area contributed by atoms with Crippen molar-refractivity contribution in [3.05, 3.63) is 60.2 Å². The minimum absolute atomic E-state index is 0.00388. The summed E-state index contributed by atoms with van der Waals surface area (Å²) in [5.41, 5.74) is 2.39. The van der Waals surface area contributed by atoms with Crippen molar-refractivity contribution in [2.45, 2.75) is 25.3 Å². The number of hydrogen-bond donors (Lipinski definition) is 1. The number of carbonyl (C=O) groups excluding carboxylic acids is 1. The summed E-state index contributed by atoms with van der Waals surface area (Å²) in [6.07, 6.45) is 3.05. The van der Waals surface area contributed by atoms with Crippen molar-refractivity contribution in [2.24, 2.45) is 5.92 Å². The van der Waals surface area contributed by atoms with Gasteiger partial charge in [-0.1, -0.05) is 42.5 Å². The first-order valence-corrected chi connectivity index (χ1v) is 10.7. The average Bonchev–Trinajstić information content (AvgIpc) is 3.58. The number of anilines is 1. The van der Waals surface area contributed by atoms with Crippen LogP contribution in [0.2, 0.25) is 0 Å². The summed E-state index contributed by atoms with van der Waals surface area (Å²) in [4.78, 5) is 17.7. The second-order valence-electron chi connectivity index (χ2n) is 8.13. The summed E-state index contributed by atoms with van der Waals surface area (Å²) in [5, 5.41) is 3.22.